The topological polar surface area (TPSA) is 161 Å². The molecule has 2 aromatic rings. The van der Waals surface area contributed by atoms with E-state index in [-0.39, 0.29) is 13.0 Å². The zero-order chi connectivity index (χ0) is 22.4. The summed E-state index contributed by atoms with van der Waals surface area (Å²) in [5.74, 6) is -1.52. The van der Waals surface area contributed by atoms with Crippen LogP contribution in [-0.2, 0) is 9.59 Å². The van der Waals surface area contributed by atoms with Crippen molar-refractivity contribution in [2.75, 3.05) is 6.54 Å². The van der Waals surface area contributed by atoms with Gasteiger partial charge in [0.2, 0.25) is 0 Å². The molecule has 2 rings (SSSR count). The van der Waals surface area contributed by atoms with Crippen molar-refractivity contribution < 1.29 is 28.6 Å². The summed E-state index contributed by atoms with van der Waals surface area (Å²) in [5.41, 5.74) is 6.15. The maximum atomic E-state index is 12.4. The van der Waals surface area contributed by atoms with E-state index in [4.69, 9.17) is 14.9 Å². The van der Waals surface area contributed by atoms with Crippen LogP contribution in [-0.4, -0.2) is 41.7 Å². The quantitative estimate of drug-likeness (QED) is 0.351. The van der Waals surface area contributed by atoms with Gasteiger partial charge in [0.25, 0.3) is 5.91 Å². The highest BCUT2D eigenvalue weighted by atomic mass is 16.5. The summed E-state index contributed by atoms with van der Waals surface area (Å²) in [6, 6.07) is 3.04. The first kappa shape index (κ1) is 22.7. The molecule has 10 heteroatoms. The van der Waals surface area contributed by atoms with Crippen LogP contribution in [0.3, 0.4) is 0 Å². The number of benzene rings is 1. The molecule has 0 fully saturated rings. The van der Waals surface area contributed by atoms with Crippen LogP contribution in [0.1, 0.15) is 30.9 Å². The number of primary amides is 1. The number of amides is 3. The van der Waals surface area contributed by atoms with Gasteiger partial charge in [-0.2, -0.15) is 0 Å². The SMILES string of the molecule is Cc1c(C)c2ccc(OC(C)C(=O)N[C@H](CCCNC(N)=O)C(=O)O)cc2oc1=O. The Hall–Kier alpha value is -3.56. The lowest BCUT2D eigenvalue weighted by molar-refractivity contribution is -0.143. The molecular formula is C20H25N3O7. The average molecular weight is 419 g/mol. The summed E-state index contributed by atoms with van der Waals surface area (Å²) in [4.78, 5) is 46.2. The molecule has 1 unspecified atom stereocenters. The highest BCUT2D eigenvalue weighted by molar-refractivity contribution is 5.86. The Balaban J connectivity index is 2.03. The summed E-state index contributed by atoms with van der Waals surface area (Å²) in [6.45, 7) is 5.17. The van der Waals surface area contributed by atoms with Crippen LogP contribution in [0.4, 0.5) is 4.79 Å². The highest BCUT2D eigenvalue weighted by Crippen LogP contribution is 2.24. The molecule has 3 amide bonds. The fraction of sp³-hybridized carbons (Fsp3) is 0.400. The summed E-state index contributed by atoms with van der Waals surface area (Å²) in [5, 5.41) is 14.8. The molecule has 0 spiro atoms. The first-order valence-electron chi connectivity index (χ1n) is 9.37. The van der Waals surface area contributed by atoms with E-state index >= 15 is 0 Å². The summed E-state index contributed by atoms with van der Waals surface area (Å²) in [7, 11) is 0. The minimum Gasteiger partial charge on any atom is -0.481 e. The number of carbonyl (C=O) groups is 3. The lowest BCUT2D eigenvalue weighted by atomic mass is 10.1. The zero-order valence-electron chi connectivity index (χ0n) is 17.0. The molecule has 0 radical (unpaired) electrons. The van der Waals surface area contributed by atoms with Crippen molar-refractivity contribution in [3.63, 3.8) is 0 Å². The van der Waals surface area contributed by atoms with E-state index in [9.17, 15) is 24.3 Å². The number of aliphatic carboxylic acids is 1. The molecule has 0 saturated carbocycles. The van der Waals surface area contributed by atoms with Gasteiger partial charge in [0.15, 0.2) is 6.10 Å². The number of aryl methyl sites for hydroxylation is 1. The predicted octanol–water partition coefficient (Wildman–Crippen LogP) is 1.20. The second-order valence-electron chi connectivity index (χ2n) is 6.89. The predicted molar refractivity (Wildman–Crippen MR) is 108 cm³/mol. The second-order valence-corrected chi connectivity index (χ2v) is 6.89. The van der Waals surface area contributed by atoms with Crippen molar-refractivity contribution in [3.05, 3.63) is 39.7 Å². The van der Waals surface area contributed by atoms with Crippen LogP contribution in [0.15, 0.2) is 27.4 Å². The summed E-state index contributed by atoms with van der Waals surface area (Å²) >= 11 is 0. The van der Waals surface area contributed by atoms with Gasteiger partial charge in [0.1, 0.15) is 17.4 Å². The third-order valence-electron chi connectivity index (χ3n) is 4.69. The van der Waals surface area contributed by atoms with Gasteiger partial charge < -0.3 is 30.6 Å². The van der Waals surface area contributed by atoms with Gasteiger partial charge in [-0.15, -0.1) is 0 Å². The van der Waals surface area contributed by atoms with Crippen LogP contribution in [0.5, 0.6) is 5.75 Å². The van der Waals surface area contributed by atoms with Gasteiger partial charge in [-0.25, -0.2) is 14.4 Å². The number of carboxylic acid groups (broad SMARTS) is 1. The Labute approximate surface area is 172 Å². The van der Waals surface area contributed by atoms with E-state index in [0.717, 1.165) is 10.9 Å². The highest BCUT2D eigenvalue weighted by Gasteiger charge is 2.24. The van der Waals surface area contributed by atoms with E-state index in [1.807, 2.05) is 6.92 Å². The van der Waals surface area contributed by atoms with Gasteiger partial charge in [0.05, 0.1) is 0 Å². The maximum Gasteiger partial charge on any atom is 0.339 e. The van der Waals surface area contributed by atoms with Gasteiger partial charge in [-0.3, -0.25) is 4.79 Å². The van der Waals surface area contributed by atoms with E-state index in [1.165, 1.54) is 13.0 Å². The van der Waals surface area contributed by atoms with Crippen LogP contribution in [0.25, 0.3) is 11.0 Å². The normalized spacial score (nSPS) is 12.8. The number of carboxylic acids is 1. The molecule has 0 bridgehead atoms. The number of nitrogens with two attached hydrogens (primary N) is 1. The standard InChI is InChI=1S/C20H25N3O7/c1-10-11(2)19(27)30-16-9-13(6-7-14(10)16)29-12(3)17(24)23-15(18(25)26)5-4-8-22-20(21)28/h6-7,9,12,15H,4-5,8H2,1-3H3,(H,23,24)(H,25,26)(H3,21,22,28)/t12?,15-/m1/s1. The van der Waals surface area contributed by atoms with Crippen LogP contribution < -0.4 is 26.7 Å². The van der Waals surface area contributed by atoms with Gasteiger partial charge in [-0.1, -0.05) is 0 Å². The van der Waals surface area contributed by atoms with Crippen molar-refractivity contribution in [2.45, 2.75) is 45.8 Å². The Kier molecular flexibility index (Phi) is 7.40. The van der Waals surface area contributed by atoms with Crippen molar-refractivity contribution >= 4 is 28.9 Å². The number of nitrogens with one attached hydrogen (secondary N) is 2. The number of ether oxygens (including phenoxy) is 1. The van der Waals surface area contributed by atoms with Crippen molar-refractivity contribution in [1.29, 1.82) is 0 Å². The Morgan fingerprint density at radius 3 is 2.57 bits per heavy atom. The number of carbonyl (C=O) groups excluding carboxylic acids is 2. The average Bonchev–Trinajstić information content (AvgIpc) is 2.67. The number of fused-ring (bicyclic) bond motifs is 1. The van der Waals surface area contributed by atoms with Crippen molar-refractivity contribution in [2.24, 2.45) is 5.73 Å². The van der Waals surface area contributed by atoms with E-state index in [2.05, 4.69) is 10.6 Å². The molecule has 0 aliphatic rings. The van der Waals surface area contributed by atoms with E-state index in [1.54, 1.807) is 19.1 Å². The molecule has 0 aliphatic carbocycles. The fourth-order valence-electron chi connectivity index (χ4n) is 2.82. The van der Waals surface area contributed by atoms with Crippen LogP contribution in [0, 0.1) is 13.8 Å². The molecule has 30 heavy (non-hydrogen) atoms. The minimum absolute atomic E-state index is 0.105. The Morgan fingerprint density at radius 2 is 1.93 bits per heavy atom. The summed E-state index contributed by atoms with van der Waals surface area (Å²) in [6.07, 6.45) is -0.572. The first-order valence-corrected chi connectivity index (χ1v) is 9.37. The second kappa shape index (κ2) is 9.77. The Bertz CT molecular complexity index is 1020. The molecule has 5 N–H and O–H groups in total. The smallest absolute Gasteiger partial charge is 0.339 e. The third-order valence-corrected chi connectivity index (χ3v) is 4.69. The molecule has 2 atom stereocenters. The zero-order valence-corrected chi connectivity index (χ0v) is 17.0. The molecule has 1 heterocycles. The Morgan fingerprint density at radius 1 is 1.23 bits per heavy atom. The van der Waals surface area contributed by atoms with E-state index < -0.39 is 35.7 Å². The monoisotopic (exact) mass is 419 g/mol. The minimum atomic E-state index is -1.20. The van der Waals surface area contributed by atoms with Crippen LogP contribution >= 0.6 is 0 Å². The molecule has 1 aromatic carbocycles. The molecule has 0 aliphatic heterocycles. The molecule has 0 saturated heterocycles. The fourth-order valence-corrected chi connectivity index (χ4v) is 2.82. The number of rotatable bonds is 9. The maximum absolute atomic E-state index is 12.4. The summed E-state index contributed by atoms with van der Waals surface area (Å²) < 4.78 is 10.9. The van der Waals surface area contributed by atoms with Crippen LogP contribution in [0.2, 0.25) is 0 Å². The lowest BCUT2D eigenvalue weighted by Crippen LogP contribution is -2.46. The third kappa shape index (κ3) is 5.72. The molecule has 1 aromatic heterocycles. The van der Waals surface area contributed by atoms with Gasteiger partial charge in [0, 0.05) is 23.6 Å². The number of hydrogen-bond acceptors (Lipinski definition) is 6. The first-order chi connectivity index (χ1) is 14.1. The lowest BCUT2D eigenvalue weighted by Gasteiger charge is -2.19. The van der Waals surface area contributed by atoms with Crippen molar-refractivity contribution in [3.8, 4) is 5.75 Å². The number of hydrogen-bond donors (Lipinski definition) is 4. The molecule has 162 valence electrons. The molecule has 10 nitrogen and oxygen atoms in total. The van der Waals surface area contributed by atoms with Crippen molar-refractivity contribution in [1.82, 2.24) is 10.6 Å². The van der Waals surface area contributed by atoms with E-state index in [0.29, 0.717) is 23.3 Å². The molecular weight excluding hydrogens is 394 g/mol. The van der Waals surface area contributed by atoms with Gasteiger partial charge in [-0.05, 0) is 51.3 Å². The van der Waals surface area contributed by atoms with Gasteiger partial charge >= 0.3 is 17.6 Å². The number of urea groups is 1. The largest absolute Gasteiger partial charge is 0.481 e.